The molecule has 1 amide bonds. The van der Waals surface area contributed by atoms with Crippen molar-refractivity contribution in [1.29, 1.82) is 0 Å². The van der Waals surface area contributed by atoms with Crippen LogP contribution in [-0.4, -0.2) is 21.0 Å². The summed E-state index contributed by atoms with van der Waals surface area (Å²) < 4.78 is 0. The van der Waals surface area contributed by atoms with Crippen LogP contribution in [0.4, 0.5) is 0 Å². The Morgan fingerprint density at radius 3 is 2.77 bits per heavy atom. The van der Waals surface area contributed by atoms with E-state index >= 15 is 0 Å². The number of benzene rings is 1. The maximum Gasteiger partial charge on any atom is 0.253 e. The molecule has 2 heterocycles. The lowest BCUT2D eigenvalue weighted by Crippen LogP contribution is -2.22. The average molecular weight is 311 g/mol. The number of carbonyl (C=O) groups is 1. The van der Waals surface area contributed by atoms with Gasteiger partial charge >= 0.3 is 0 Å². The van der Waals surface area contributed by atoms with Crippen molar-refractivity contribution in [2.24, 2.45) is 0 Å². The predicted octanol–water partition coefficient (Wildman–Crippen LogP) is 2.84. The van der Waals surface area contributed by atoms with Gasteiger partial charge in [0.25, 0.3) is 5.91 Å². The summed E-state index contributed by atoms with van der Waals surface area (Å²) in [6.45, 7) is 0.372. The van der Waals surface area contributed by atoms with Crippen molar-refractivity contribution in [3.8, 4) is 17.0 Å². The normalized spacial score (nSPS) is 10.4. The first-order valence-corrected chi connectivity index (χ1v) is 7.52. The number of amides is 1. The number of hydrogen-bond acceptors (Lipinski definition) is 5. The lowest BCUT2D eigenvalue weighted by Gasteiger charge is -2.02. The zero-order valence-electron chi connectivity index (χ0n) is 11.6. The highest BCUT2D eigenvalue weighted by Gasteiger charge is 2.08. The third kappa shape index (κ3) is 3.29. The second-order valence-corrected chi connectivity index (χ2v) is 5.54. The predicted molar refractivity (Wildman–Crippen MR) is 84.6 cm³/mol. The lowest BCUT2D eigenvalue weighted by molar-refractivity contribution is 0.0950. The van der Waals surface area contributed by atoms with Crippen molar-refractivity contribution in [2.75, 3.05) is 0 Å². The zero-order chi connectivity index (χ0) is 15.4. The molecule has 3 rings (SSSR count). The number of phenolic OH excluding ortho intramolecular Hbond substituents is 1. The number of nitrogens with zero attached hydrogens (tertiary/aromatic N) is 2. The molecule has 0 radical (unpaired) electrons. The Balaban J connectivity index is 1.65. The van der Waals surface area contributed by atoms with Crippen molar-refractivity contribution < 1.29 is 9.90 Å². The molecule has 0 spiro atoms. The van der Waals surface area contributed by atoms with E-state index in [9.17, 15) is 9.90 Å². The number of aromatic hydroxyl groups is 1. The number of aromatic nitrogens is 2. The van der Waals surface area contributed by atoms with E-state index in [0.29, 0.717) is 12.1 Å². The summed E-state index contributed by atoms with van der Waals surface area (Å²) in [4.78, 5) is 20.3. The van der Waals surface area contributed by atoms with Gasteiger partial charge in [0.05, 0.1) is 17.8 Å². The Morgan fingerprint density at radius 2 is 2.05 bits per heavy atom. The van der Waals surface area contributed by atoms with E-state index in [1.165, 1.54) is 17.5 Å². The summed E-state index contributed by atoms with van der Waals surface area (Å²) in [5.74, 6) is 0.0532. The molecule has 0 saturated heterocycles. The molecule has 0 aliphatic carbocycles. The van der Waals surface area contributed by atoms with Crippen LogP contribution in [0.15, 0.2) is 54.2 Å². The number of nitrogens with one attached hydrogen (secondary N) is 1. The molecule has 5 nitrogen and oxygen atoms in total. The standard InChI is InChI=1S/C16H13N3O2S/c20-13-5-3-11(4-6-13)14-10-22-15(19-14)9-18-16(21)12-2-1-7-17-8-12/h1-8,10,20H,9H2,(H,18,21). The van der Waals surface area contributed by atoms with Crippen LogP contribution in [0, 0.1) is 0 Å². The first-order chi connectivity index (χ1) is 10.7. The first-order valence-electron chi connectivity index (χ1n) is 6.64. The van der Waals surface area contributed by atoms with Crippen LogP contribution in [-0.2, 0) is 6.54 Å². The first kappa shape index (κ1) is 14.2. The number of pyridine rings is 1. The van der Waals surface area contributed by atoms with Crippen LogP contribution in [0.3, 0.4) is 0 Å². The molecule has 0 saturated carbocycles. The number of rotatable bonds is 4. The Bertz CT molecular complexity index is 770. The Labute approximate surface area is 131 Å². The highest BCUT2D eigenvalue weighted by molar-refractivity contribution is 7.09. The maximum absolute atomic E-state index is 11.9. The van der Waals surface area contributed by atoms with Crippen LogP contribution in [0.2, 0.25) is 0 Å². The molecule has 2 N–H and O–H groups in total. The van der Waals surface area contributed by atoms with Gasteiger partial charge in [-0.05, 0) is 36.4 Å². The smallest absolute Gasteiger partial charge is 0.253 e. The third-order valence-corrected chi connectivity index (χ3v) is 3.89. The summed E-state index contributed by atoms with van der Waals surface area (Å²) in [7, 11) is 0. The minimum atomic E-state index is -0.172. The van der Waals surface area contributed by atoms with E-state index in [1.807, 2.05) is 17.5 Å². The van der Waals surface area contributed by atoms with Gasteiger partial charge in [0.2, 0.25) is 0 Å². The van der Waals surface area contributed by atoms with E-state index < -0.39 is 0 Å². The minimum Gasteiger partial charge on any atom is -0.508 e. The van der Waals surface area contributed by atoms with Crippen LogP contribution in [0.1, 0.15) is 15.4 Å². The Hall–Kier alpha value is -2.73. The monoisotopic (exact) mass is 311 g/mol. The zero-order valence-corrected chi connectivity index (χ0v) is 12.4. The van der Waals surface area contributed by atoms with Crippen LogP contribution < -0.4 is 5.32 Å². The third-order valence-electron chi connectivity index (χ3n) is 3.04. The Kier molecular flexibility index (Phi) is 4.11. The fourth-order valence-corrected chi connectivity index (χ4v) is 2.65. The molecule has 0 aliphatic rings. The number of hydrogen-bond donors (Lipinski definition) is 2. The van der Waals surface area contributed by atoms with E-state index in [4.69, 9.17) is 0 Å². The van der Waals surface area contributed by atoms with Gasteiger partial charge in [0.1, 0.15) is 10.8 Å². The van der Waals surface area contributed by atoms with E-state index in [2.05, 4.69) is 15.3 Å². The van der Waals surface area contributed by atoms with Gasteiger partial charge in [0.15, 0.2) is 0 Å². The van der Waals surface area contributed by atoms with Crippen LogP contribution in [0.5, 0.6) is 5.75 Å². The largest absolute Gasteiger partial charge is 0.508 e. The van der Waals surface area contributed by atoms with Gasteiger partial charge in [-0.3, -0.25) is 9.78 Å². The second kappa shape index (κ2) is 6.36. The van der Waals surface area contributed by atoms with Gasteiger partial charge in [-0.1, -0.05) is 0 Å². The molecule has 3 aromatic rings. The quantitative estimate of drug-likeness (QED) is 0.777. The number of thiazole rings is 1. The summed E-state index contributed by atoms with van der Waals surface area (Å²) >= 11 is 1.48. The highest BCUT2D eigenvalue weighted by Crippen LogP contribution is 2.23. The molecule has 22 heavy (non-hydrogen) atoms. The summed E-state index contributed by atoms with van der Waals surface area (Å²) in [5, 5.41) is 14.9. The molecular formula is C16H13N3O2S. The number of carbonyl (C=O) groups excluding carboxylic acids is 1. The van der Waals surface area contributed by atoms with Gasteiger partial charge < -0.3 is 10.4 Å². The molecule has 1 aromatic carbocycles. The lowest BCUT2D eigenvalue weighted by atomic mass is 10.2. The minimum absolute atomic E-state index is 0.172. The van der Waals surface area contributed by atoms with Crippen LogP contribution in [0.25, 0.3) is 11.3 Å². The molecule has 110 valence electrons. The topological polar surface area (TPSA) is 75.1 Å². The second-order valence-electron chi connectivity index (χ2n) is 4.60. The van der Waals surface area contributed by atoms with Gasteiger partial charge in [0, 0.05) is 23.3 Å². The van der Waals surface area contributed by atoms with Gasteiger partial charge in [-0.25, -0.2) is 4.98 Å². The molecule has 0 unspecified atom stereocenters. The van der Waals surface area contributed by atoms with Crippen molar-refractivity contribution >= 4 is 17.2 Å². The summed E-state index contributed by atoms with van der Waals surface area (Å²) in [5.41, 5.74) is 2.28. The molecule has 0 fully saturated rings. The molecule has 0 atom stereocenters. The van der Waals surface area contributed by atoms with E-state index in [1.54, 1.807) is 30.5 Å². The fourth-order valence-electron chi connectivity index (χ4n) is 1.91. The van der Waals surface area contributed by atoms with E-state index in [-0.39, 0.29) is 11.7 Å². The van der Waals surface area contributed by atoms with Gasteiger partial charge in [-0.15, -0.1) is 11.3 Å². The van der Waals surface area contributed by atoms with Crippen molar-refractivity contribution in [2.45, 2.75) is 6.54 Å². The maximum atomic E-state index is 11.9. The molecule has 6 heteroatoms. The fraction of sp³-hybridized carbons (Fsp3) is 0.0625. The Morgan fingerprint density at radius 1 is 1.23 bits per heavy atom. The van der Waals surface area contributed by atoms with Gasteiger partial charge in [-0.2, -0.15) is 0 Å². The van der Waals surface area contributed by atoms with E-state index in [0.717, 1.165) is 16.3 Å². The molecule has 0 aliphatic heterocycles. The molecular weight excluding hydrogens is 298 g/mol. The highest BCUT2D eigenvalue weighted by atomic mass is 32.1. The van der Waals surface area contributed by atoms with Crippen LogP contribution >= 0.6 is 11.3 Å². The SMILES string of the molecule is O=C(NCc1nc(-c2ccc(O)cc2)cs1)c1cccnc1. The molecule has 2 aromatic heterocycles. The average Bonchev–Trinajstić information content (AvgIpc) is 3.03. The number of phenols is 1. The van der Waals surface area contributed by atoms with Crippen molar-refractivity contribution in [3.05, 3.63) is 64.7 Å². The van der Waals surface area contributed by atoms with Crippen molar-refractivity contribution in [1.82, 2.24) is 15.3 Å². The molecule has 0 bridgehead atoms. The summed E-state index contributed by atoms with van der Waals surface area (Å²) in [6, 6.07) is 10.3. The van der Waals surface area contributed by atoms with Crippen molar-refractivity contribution in [3.63, 3.8) is 0 Å². The summed E-state index contributed by atoms with van der Waals surface area (Å²) in [6.07, 6.45) is 3.15.